The van der Waals surface area contributed by atoms with Gasteiger partial charge in [0.2, 0.25) is 11.8 Å². The summed E-state index contributed by atoms with van der Waals surface area (Å²) >= 11 is 0. The Morgan fingerprint density at radius 2 is 1.90 bits per heavy atom. The molecule has 1 aliphatic heterocycles. The fraction of sp³-hybridized carbons (Fsp3) is 0.524. The second-order valence-corrected chi connectivity index (χ2v) is 8.78. The highest BCUT2D eigenvalue weighted by atomic mass is 16.5. The van der Waals surface area contributed by atoms with Crippen molar-refractivity contribution < 1.29 is 18.8 Å². The van der Waals surface area contributed by atoms with Gasteiger partial charge in [-0.15, -0.1) is 0 Å². The summed E-state index contributed by atoms with van der Waals surface area (Å²) in [6.07, 6.45) is 1.47. The maximum absolute atomic E-state index is 12.4. The largest absolute Gasteiger partial charge is 0.484 e. The topological polar surface area (TPSA) is 97.6 Å². The van der Waals surface area contributed by atoms with Gasteiger partial charge in [-0.1, -0.05) is 25.9 Å². The van der Waals surface area contributed by atoms with E-state index in [1.54, 1.807) is 17.0 Å². The van der Waals surface area contributed by atoms with Gasteiger partial charge in [0.1, 0.15) is 5.75 Å². The third-order valence-electron chi connectivity index (χ3n) is 4.67. The summed E-state index contributed by atoms with van der Waals surface area (Å²) in [4.78, 5) is 30.3. The minimum atomic E-state index is -0.798. The minimum Gasteiger partial charge on any atom is -0.484 e. The van der Waals surface area contributed by atoms with Crippen molar-refractivity contribution in [3.8, 4) is 5.75 Å². The van der Waals surface area contributed by atoms with E-state index in [0.29, 0.717) is 23.9 Å². The van der Waals surface area contributed by atoms with Crippen LogP contribution in [0.3, 0.4) is 0 Å². The van der Waals surface area contributed by atoms with Crippen molar-refractivity contribution in [2.45, 2.75) is 58.4 Å². The molecule has 156 valence electrons. The Morgan fingerprint density at radius 3 is 2.45 bits per heavy atom. The van der Waals surface area contributed by atoms with Gasteiger partial charge in [-0.25, -0.2) is 0 Å². The van der Waals surface area contributed by atoms with Gasteiger partial charge in [-0.05, 0) is 44.5 Å². The lowest BCUT2D eigenvalue weighted by molar-refractivity contribution is -0.125. The standard InChI is InChI=1S/C21H28N4O4/c1-20(2,3)19-22-18(24-29-19)21(4,5)23-16(26)13-28-15-10-8-14(9-11-15)25-12-6-7-17(25)27/h8-11H,6-7,12-13H2,1-5H3,(H,23,26). The second-order valence-electron chi connectivity index (χ2n) is 8.78. The van der Waals surface area contributed by atoms with E-state index in [-0.39, 0.29) is 23.8 Å². The highest BCUT2D eigenvalue weighted by Gasteiger charge is 2.31. The van der Waals surface area contributed by atoms with Crippen LogP contribution in [-0.2, 0) is 20.5 Å². The first-order chi connectivity index (χ1) is 13.6. The van der Waals surface area contributed by atoms with E-state index in [4.69, 9.17) is 9.26 Å². The Bertz CT molecular complexity index is 881. The van der Waals surface area contributed by atoms with Crippen molar-refractivity contribution in [3.05, 3.63) is 36.0 Å². The second kappa shape index (κ2) is 7.85. The number of nitrogens with one attached hydrogen (secondary N) is 1. The van der Waals surface area contributed by atoms with Crippen LogP contribution >= 0.6 is 0 Å². The third kappa shape index (κ3) is 4.93. The van der Waals surface area contributed by atoms with E-state index < -0.39 is 5.54 Å². The number of carbonyl (C=O) groups excluding carboxylic acids is 2. The zero-order chi connectivity index (χ0) is 21.2. The van der Waals surface area contributed by atoms with Gasteiger partial charge >= 0.3 is 0 Å². The quantitative estimate of drug-likeness (QED) is 0.801. The van der Waals surface area contributed by atoms with Crippen LogP contribution in [0.2, 0.25) is 0 Å². The number of anilines is 1. The van der Waals surface area contributed by atoms with Crippen LogP contribution in [0, 0.1) is 0 Å². The fourth-order valence-corrected chi connectivity index (χ4v) is 3.01. The number of amides is 2. The number of nitrogens with zero attached hydrogens (tertiary/aromatic N) is 3. The Hall–Kier alpha value is -2.90. The number of ether oxygens (including phenoxy) is 1. The molecule has 29 heavy (non-hydrogen) atoms. The zero-order valence-corrected chi connectivity index (χ0v) is 17.6. The van der Waals surface area contributed by atoms with Crippen LogP contribution in [-0.4, -0.2) is 35.1 Å². The molecule has 2 aromatic rings. The summed E-state index contributed by atoms with van der Waals surface area (Å²) in [7, 11) is 0. The van der Waals surface area contributed by atoms with Gasteiger partial charge in [0.15, 0.2) is 12.4 Å². The molecular weight excluding hydrogens is 372 g/mol. The number of rotatable bonds is 6. The molecule has 0 unspecified atom stereocenters. The predicted octanol–water partition coefficient (Wildman–Crippen LogP) is 2.92. The molecule has 1 aromatic heterocycles. The van der Waals surface area contributed by atoms with Crippen LogP contribution in [0.25, 0.3) is 0 Å². The molecule has 1 saturated heterocycles. The lowest BCUT2D eigenvalue weighted by Crippen LogP contribution is -2.44. The molecule has 0 aliphatic carbocycles. The smallest absolute Gasteiger partial charge is 0.258 e. The maximum Gasteiger partial charge on any atom is 0.258 e. The van der Waals surface area contributed by atoms with Gasteiger partial charge < -0.3 is 19.5 Å². The lowest BCUT2D eigenvalue weighted by atomic mass is 9.97. The molecular formula is C21H28N4O4. The van der Waals surface area contributed by atoms with Gasteiger partial charge in [-0.2, -0.15) is 4.98 Å². The van der Waals surface area contributed by atoms with Crippen molar-refractivity contribution in [2.75, 3.05) is 18.1 Å². The van der Waals surface area contributed by atoms with E-state index in [0.717, 1.165) is 18.7 Å². The molecule has 0 bridgehead atoms. The highest BCUT2D eigenvalue weighted by molar-refractivity contribution is 5.95. The predicted molar refractivity (Wildman–Crippen MR) is 108 cm³/mol. The Morgan fingerprint density at radius 1 is 1.21 bits per heavy atom. The first-order valence-electron chi connectivity index (χ1n) is 9.75. The molecule has 1 aliphatic rings. The average Bonchev–Trinajstić information content (AvgIpc) is 3.29. The van der Waals surface area contributed by atoms with Crippen molar-refractivity contribution in [1.29, 1.82) is 0 Å². The SMILES string of the molecule is CC(C)(C)c1nc(C(C)(C)NC(=O)COc2ccc(N3CCCC3=O)cc2)no1. The fourth-order valence-electron chi connectivity index (χ4n) is 3.01. The van der Waals surface area contributed by atoms with Gasteiger partial charge in [0.25, 0.3) is 5.91 Å². The molecule has 0 spiro atoms. The number of benzene rings is 1. The molecule has 2 amide bonds. The van der Waals surface area contributed by atoms with Crippen LogP contribution in [0.1, 0.15) is 59.2 Å². The molecule has 1 fully saturated rings. The Labute approximate surface area is 170 Å². The monoisotopic (exact) mass is 400 g/mol. The van der Waals surface area contributed by atoms with Crippen molar-refractivity contribution >= 4 is 17.5 Å². The molecule has 0 radical (unpaired) electrons. The first-order valence-corrected chi connectivity index (χ1v) is 9.75. The number of hydrogen-bond donors (Lipinski definition) is 1. The number of aromatic nitrogens is 2. The average molecular weight is 400 g/mol. The zero-order valence-electron chi connectivity index (χ0n) is 17.6. The Kier molecular flexibility index (Phi) is 5.64. The molecule has 8 nitrogen and oxygen atoms in total. The van der Waals surface area contributed by atoms with E-state index in [2.05, 4.69) is 15.5 Å². The van der Waals surface area contributed by atoms with Crippen molar-refractivity contribution in [2.24, 2.45) is 0 Å². The van der Waals surface area contributed by atoms with E-state index >= 15 is 0 Å². The van der Waals surface area contributed by atoms with E-state index in [9.17, 15) is 9.59 Å². The molecule has 0 atom stereocenters. The summed E-state index contributed by atoms with van der Waals surface area (Å²) in [5.41, 5.74) is -0.217. The van der Waals surface area contributed by atoms with E-state index in [1.165, 1.54) is 0 Å². The first kappa shape index (κ1) is 20.8. The number of hydrogen-bond acceptors (Lipinski definition) is 6. The number of carbonyl (C=O) groups is 2. The summed E-state index contributed by atoms with van der Waals surface area (Å²) in [5, 5.41) is 6.87. The maximum atomic E-state index is 12.4. The molecule has 2 heterocycles. The van der Waals surface area contributed by atoms with Crippen LogP contribution < -0.4 is 15.0 Å². The van der Waals surface area contributed by atoms with Crippen molar-refractivity contribution in [1.82, 2.24) is 15.5 Å². The lowest BCUT2D eigenvalue weighted by Gasteiger charge is -2.22. The molecule has 3 rings (SSSR count). The highest BCUT2D eigenvalue weighted by Crippen LogP contribution is 2.25. The summed E-state index contributed by atoms with van der Waals surface area (Å²) in [6, 6.07) is 7.17. The summed E-state index contributed by atoms with van der Waals surface area (Å²) < 4.78 is 10.9. The third-order valence-corrected chi connectivity index (χ3v) is 4.67. The normalized spacial score (nSPS) is 14.9. The van der Waals surface area contributed by atoms with Crippen LogP contribution in [0.15, 0.2) is 28.8 Å². The van der Waals surface area contributed by atoms with Crippen LogP contribution in [0.4, 0.5) is 5.69 Å². The molecule has 1 N–H and O–H groups in total. The van der Waals surface area contributed by atoms with Gasteiger partial charge in [-0.3, -0.25) is 9.59 Å². The summed E-state index contributed by atoms with van der Waals surface area (Å²) in [6.45, 7) is 10.2. The minimum absolute atomic E-state index is 0.136. The molecule has 1 aromatic carbocycles. The Balaban J connectivity index is 1.55. The van der Waals surface area contributed by atoms with Gasteiger partial charge in [0, 0.05) is 24.1 Å². The van der Waals surface area contributed by atoms with Gasteiger partial charge in [0.05, 0.1) is 5.54 Å². The van der Waals surface area contributed by atoms with Crippen molar-refractivity contribution in [3.63, 3.8) is 0 Å². The van der Waals surface area contributed by atoms with Crippen LogP contribution in [0.5, 0.6) is 5.75 Å². The molecule has 0 saturated carbocycles. The molecule has 8 heteroatoms. The summed E-state index contributed by atoms with van der Waals surface area (Å²) in [5.74, 6) is 1.33. The van der Waals surface area contributed by atoms with E-state index in [1.807, 2.05) is 46.8 Å².